The third kappa shape index (κ3) is 5.09. The molecule has 0 unspecified atom stereocenters. The second-order valence-electron chi connectivity index (χ2n) is 7.98. The number of aromatic nitrogens is 2. The minimum absolute atomic E-state index is 0.0659. The first-order valence-corrected chi connectivity index (χ1v) is 10.7. The number of amides is 2. The van der Waals surface area contributed by atoms with Crippen LogP contribution in [-0.2, 0) is 12.7 Å². The number of anilines is 2. The van der Waals surface area contributed by atoms with Gasteiger partial charge in [-0.05, 0) is 60.5 Å². The van der Waals surface area contributed by atoms with Crippen LogP contribution in [0.25, 0.3) is 10.9 Å². The maximum Gasteiger partial charge on any atom is 0.416 e. The fraction of sp³-hybridized carbons (Fsp3) is 0.160. The molecule has 0 radical (unpaired) electrons. The van der Waals surface area contributed by atoms with Crippen LogP contribution in [0.1, 0.15) is 27.2 Å². The topological polar surface area (TPSA) is 105 Å². The lowest BCUT2D eigenvalue weighted by molar-refractivity contribution is -0.137. The number of aryl methyl sites for hydroxylation is 1. The monoisotopic (exact) mass is 498 g/mol. The van der Waals surface area contributed by atoms with Crippen molar-refractivity contribution in [3.05, 3.63) is 83.3 Å². The van der Waals surface area contributed by atoms with Crippen molar-refractivity contribution in [3.63, 3.8) is 0 Å². The molecule has 0 saturated heterocycles. The zero-order valence-corrected chi connectivity index (χ0v) is 19.2. The number of aromatic carboxylic acids is 1. The van der Waals surface area contributed by atoms with Crippen LogP contribution >= 0.6 is 0 Å². The summed E-state index contributed by atoms with van der Waals surface area (Å²) in [5.74, 6) is -1.04. The van der Waals surface area contributed by atoms with Gasteiger partial charge in [-0.2, -0.15) is 13.2 Å². The average molecular weight is 498 g/mol. The quantitative estimate of drug-likeness (QED) is 0.313. The smallest absolute Gasteiger partial charge is 0.416 e. The molecule has 2 amide bonds. The molecule has 4 rings (SSSR count). The first kappa shape index (κ1) is 24.6. The van der Waals surface area contributed by atoms with E-state index in [1.165, 1.54) is 19.4 Å². The Balaban J connectivity index is 1.60. The van der Waals surface area contributed by atoms with E-state index in [2.05, 4.69) is 15.6 Å². The molecule has 0 aliphatic heterocycles. The van der Waals surface area contributed by atoms with Gasteiger partial charge in [-0.3, -0.25) is 0 Å². The molecule has 2 aromatic carbocycles. The molecule has 3 N–H and O–H groups in total. The summed E-state index contributed by atoms with van der Waals surface area (Å²) in [5.41, 5.74) is 1.60. The Hall–Kier alpha value is -4.54. The summed E-state index contributed by atoms with van der Waals surface area (Å²) >= 11 is 0. The van der Waals surface area contributed by atoms with Crippen molar-refractivity contribution in [2.45, 2.75) is 19.6 Å². The number of hydrogen-bond donors (Lipinski definition) is 3. The molecule has 0 fully saturated rings. The van der Waals surface area contributed by atoms with E-state index in [1.54, 1.807) is 31.3 Å². The van der Waals surface area contributed by atoms with Crippen LogP contribution in [0.4, 0.5) is 29.3 Å². The number of alkyl halides is 3. The number of carbonyl (C=O) groups is 2. The number of halogens is 3. The Kier molecular flexibility index (Phi) is 6.56. The standard InChI is InChI=1S/C25H21F3N4O4/c1-14-3-5-20-17(8-10-32(20)13-15-7-9-29-19(11-15)23(33)34)22(14)31-24(35)30-18-12-16(25(26,27)28)4-6-21(18)36-2/h3-12H,13H2,1-2H3,(H,33,34)(H2,30,31,35). The number of pyridine rings is 1. The number of nitrogens with zero attached hydrogens (tertiary/aromatic N) is 2. The van der Waals surface area contributed by atoms with Crippen LogP contribution < -0.4 is 15.4 Å². The van der Waals surface area contributed by atoms with Crippen LogP contribution in [0.2, 0.25) is 0 Å². The number of carboxylic acid groups (broad SMARTS) is 1. The van der Waals surface area contributed by atoms with Gasteiger partial charge in [-0.1, -0.05) is 6.07 Å². The summed E-state index contributed by atoms with van der Waals surface area (Å²) < 4.78 is 46.4. The minimum Gasteiger partial charge on any atom is -0.495 e. The molecule has 0 atom stereocenters. The van der Waals surface area contributed by atoms with Gasteiger partial charge >= 0.3 is 18.2 Å². The zero-order chi connectivity index (χ0) is 26.0. The van der Waals surface area contributed by atoms with Crippen molar-refractivity contribution >= 4 is 34.3 Å². The highest BCUT2D eigenvalue weighted by Gasteiger charge is 2.31. The average Bonchev–Trinajstić information content (AvgIpc) is 3.23. The third-order valence-corrected chi connectivity index (χ3v) is 5.57. The van der Waals surface area contributed by atoms with E-state index in [4.69, 9.17) is 4.74 Å². The van der Waals surface area contributed by atoms with Crippen molar-refractivity contribution < 1.29 is 32.6 Å². The summed E-state index contributed by atoms with van der Waals surface area (Å²) in [6.07, 6.45) is -1.36. The molecule has 0 bridgehead atoms. The summed E-state index contributed by atoms with van der Waals surface area (Å²) in [7, 11) is 1.29. The molecular formula is C25H21F3N4O4. The lowest BCUT2D eigenvalue weighted by atomic mass is 10.1. The molecule has 4 aromatic rings. The van der Waals surface area contributed by atoms with Crippen LogP contribution in [0, 0.1) is 6.92 Å². The van der Waals surface area contributed by atoms with Gasteiger partial charge in [0, 0.05) is 24.3 Å². The fourth-order valence-corrected chi connectivity index (χ4v) is 3.82. The van der Waals surface area contributed by atoms with E-state index in [1.807, 2.05) is 10.6 Å². The van der Waals surface area contributed by atoms with E-state index < -0.39 is 23.7 Å². The van der Waals surface area contributed by atoms with Gasteiger partial charge in [0.2, 0.25) is 0 Å². The van der Waals surface area contributed by atoms with Crippen LogP contribution in [0.5, 0.6) is 5.75 Å². The summed E-state index contributed by atoms with van der Waals surface area (Å²) in [5, 5.41) is 15.0. The van der Waals surface area contributed by atoms with Crippen molar-refractivity contribution in [1.82, 2.24) is 9.55 Å². The second kappa shape index (κ2) is 9.61. The number of methoxy groups -OCH3 is 1. The largest absolute Gasteiger partial charge is 0.495 e. The SMILES string of the molecule is COc1ccc(C(F)(F)F)cc1NC(=O)Nc1c(C)ccc2c1ccn2Cc1ccnc(C(=O)O)c1. The maximum absolute atomic E-state index is 13.1. The highest BCUT2D eigenvalue weighted by Crippen LogP contribution is 2.35. The number of nitrogens with one attached hydrogen (secondary N) is 2. The third-order valence-electron chi connectivity index (χ3n) is 5.57. The number of benzene rings is 2. The number of fused-ring (bicyclic) bond motifs is 1. The maximum atomic E-state index is 13.1. The fourth-order valence-electron chi connectivity index (χ4n) is 3.82. The van der Waals surface area contributed by atoms with E-state index in [0.717, 1.165) is 34.8 Å². The zero-order valence-electron chi connectivity index (χ0n) is 19.2. The van der Waals surface area contributed by atoms with Crippen LogP contribution in [0.3, 0.4) is 0 Å². The van der Waals surface area contributed by atoms with Gasteiger partial charge in [0.05, 0.1) is 29.6 Å². The lowest BCUT2D eigenvalue weighted by Crippen LogP contribution is -2.21. The van der Waals surface area contributed by atoms with Crippen LogP contribution in [-0.4, -0.2) is 33.8 Å². The Morgan fingerprint density at radius 3 is 2.56 bits per heavy atom. The number of carboxylic acids is 1. The molecule has 8 nitrogen and oxygen atoms in total. The molecular weight excluding hydrogens is 477 g/mol. The Labute approximate surface area is 203 Å². The van der Waals surface area contributed by atoms with Gasteiger partial charge in [0.25, 0.3) is 0 Å². The van der Waals surface area contributed by atoms with Gasteiger partial charge in [0.15, 0.2) is 0 Å². The normalized spacial score (nSPS) is 11.4. The van der Waals surface area contributed by atoms with E-state index in [-0.39, 0.29) is 17.1 Å². The van der Waals surface area contributed by atoms with Gasteiger partial charge in [-0.25, -0.2) is 14.6 Å². The van der Waals surface area contributed by atoms with Crippen LogP contribution in [0.15, 0.2) is 60.9 Å². The highest BCUT2D eigenvalue weighted by molar-refractivity contribution is 6.07. The first-order chi connectivity index (χ1) is 17.1. The molecule has 0 aliphatic rings. The van der Waals surface area contributed by atoms with Gasteiger partial charge in [0.1, 0.15) is 11.4 Å². The molecule has 0 aliphatic carbocycles. The first-order valence-electron chi connectivity index (χ1n) is 10.7. The van der Waals surface area contributed by atoms with Gasteiger partial charge in [-0.15, -0.1) is 0 Å². The molecule has 0 saturated carbocycles. The van der Waals surface area contributed by atoms with Crippen molar-refractivity contribution in [3.8, 4) is 5.75 Å². The Bertz CT molecular complexity index is 1460. The molecule has 11 heteroatoms. The summed E-state index contributed by atoms with van der Waals surface area (Å²) in [4.78, 5) is 27.8. The minimum atomic E-state index is -4.58. The molecule has 2 aromatic heterocycles. The van der Waals surface area contributed by atoms with E-state index in [9.17, 15) is 27.9 Å². The predicted octanol–water partition coefficient (Wildman–Crippen LogP) is 5.76. The van der Waals surface area contributed by atoms with E-state index >= 15 is 0 Å². The number of carbonyl (C=O) groups excluding carboxylic acids is 1. The Morgan fingerprint density at radius 2 is 1.86 bits per heavy atom. The summed E-state index contributed by atoms with van der Waals surface area (Å²) in [6.45, 7) is 2.15. The Morgan fingerprint density at radius 1 is 1.08 bits per heavy atom. The van der Waals surface area contributed by atoms with Crippen molar-refractivity contribution in [2.75, 3.05) is 17.7 Å². The highest BCUT2D eigenvalue weighted by atomic mass is 19.4. The van der Waals surface area contributed by atoms with Crippen molar-refractivity contribution in [1.29, 1.82) is 0 Å². The number of rotatable bonds is 6. The number of urea groups is 1. The molecule has 186 valence electrons. The number of ether oxygens (including phenoxy) is 1. The predicted molar refractivity (Wildman–Crippen MR) is 128 cm³/mol. The van der Waals surface area contributed by atoms with E-state index in [0.29, 0.717) is 17.6 Å². The lowest BCUT2D eigenvalue weighted by Gasteiger charge is -2.15. The number of hydrogen-bond acceptors (Lipinski definition) is 4. The molecule has 36 heavy (non-hydrogen) atoms. The summed E-state index contributed by atoms with van der Waals surface area (Å²) in [6, 6.07) is 10.7. The second-order valence-corrected chi connectivity index (χ2v) is 7.98. The molecule has 2 heterocycles. The van der Waals surface area contributed by atoms with Gasteiger partial charge < -0.3 is 25.0 Å². The molecule has 0 spiro atoms. The van der Waals surface area contributed by atoms with Crippen molar-refractivity contribution in [2.24, 2.45) is 0 Å².